The molecule has 0 fully saturated rings. The van der Waals surface area contributed by atoms with E-state index in [0.29, 0.717) is 5.75 Å². The summed E-state index contributed by atoms with van der Waals surface area (Å²) in [4.78, 5) is 11.8. The minimum Gasteiger partial charge on any atom is -0.507 e. The highest BCUT2D eigenvalue weighted by atomic mass is 16.7. The summed E-state index contributed by atoms with van der Waals surface area (Å²) < 4.78 is 11.6. The van der Waals surface area contributed by atoms with Crippen molar-refractivity contribution < 1.29 is 24.5 Å². The average Bonchev–Trinajstić information content (AvgIpc) is 2.49. The highest BCUT2D eigenvalue weighted by Crippen LogP contribution is 2.30. The van der Waals surface area contributed by atoms with Gasteiger partial charge < -0.3 is 19.7 Å². The smallest absolute Gasteiger partial charge is 0.266 e. The van der Waals surface area contributed by atoms with Crippen molar-refractivity contribution in [2.24, 2.45) is 0 Å². The van der Waals surface area contributed by atoms with Crippen molar-refractivity contribution in [3.05, 3.63) is 53.1 Å². The number of hydrogen-bond donors (Lipinski definition) is 2. The Morgan fingerprint density at radius 2 is 1.62 bits per heavy atom. The van der Waals surface area contributed by atoms with Gasteiger partial charge in [0, 0.05) is 0 Å². The molecule has 0 saturated heterocycles. The van der Waals surface area contributed by atoms with Crippen LogP contribution in [0, 0.1) is 13.8 Å². The number of hydrogen-bond acceptors (Lipinski definition) is 5. The van der Waals surface area contributed by atoms with Crippen molar-refractivity contribution in [2.75, 3.05) is 0 Å². The summed E-state index contributed by atoms with van der Waals surface area (Å²) in [7, 11) is 0. The second kappa shape index (κ2) is 7.36. The van der Waals surface area contributed by atoms with E-state index < -0.39 is 12.4 Å². The second-order valence-corrected chi connectivity index (χ2v) is 5.77. The molecule has 2 unspecified atom stereocenters. The second-order valence-electron chi connectivity index (χ2n) is 5.77. The van der Waals surface area contributed by atoms with Crippen molar-refractivity contribution in [1.29, 1.82) is 0 Å². The van der Waals surface area contributed by atoms with E-state index in [0.717, 1.165) is 11.1 Å². The molecule has 0 bridgehead atoms. The number of Topliss-reactive ketones (excluding diaryl/α,β-unsaturated/α-hetero) is 1. The number of carbonyl (C=O) groups is 1. The van der Waals surface area contributed by atoms with E-state index in [9.17, 15) is 15.0 Å². The van der Waals surface area contributed by atoms with Crippen LogP contribution in [-0.4, -0.2) is 28.4 Å². The van der Waals surface area contributed by atoms with E-state index in [-0.39, 0.29) is 22.8 Å². The molecule has 0 spiro atoms. The number of aromatic hydroxyl groups is 1. The monoisotopic (exact) mass is 330 g/mol. The minimum absolute atomic E-state index is 0.0632. The van der Waals surface area contributed by atoms with E-state index in [1.165, 1.54) is 19.9 Å². The Bertz CT molecular complexity index is 716. The SMILES string of the molecule is CC(=O)c1c(O)cccc1OC(Oc1c(C)cccc1C)C(C)O. The standard InChI is InChI=1S/C19H22O5/c1-11-7-5-8-12(2)18(11)24-19(14(4)21)23-16-10-6-9-15(22)17(16)13(3)20/h5-10,14,19,21-22H,1-4H3. The number of benzene rings is 2. The molecule has 2 rings (SSSR count). The number of ketones is 1. The zero-order valence-corrected chi connectivity index (χ0v) is 14.2. The van der Waals surface area contributed by atoms with Crippen LogP contribution in [0.4, 0.5) is 0 Å². The van der Waals surface area contributed by atoms with Gasteiger partial charge in [0.2, 0.25) is 0 Å². The first-order valence-electron chi connectivity index (χ1n) is 7.71. The number of para-hydroxylation sites is 1. The van der Waals surface area contributed by atoms with Crippen LogP contribution in [-0.2, 0) is 0 Å². The molecule has 0 saturated carbocycles. The molecule has 0 radical (unpaired) electrons. The molecular weight excluding hydrogens is 308 g/mol. The maximum atomic E-state index is 11.8. The van der Waals surface area contributed by atoms with Gasteiger partial charge in [-0.15, -0.1) is 0 Å². The fraction of sp³-hybridized carbons (Fsp3) is 0.316. The fourth-order valence-corrected chi connectivity index (χ4v) is 2.42. The number of carbonyl (C=O) groups excluding carboxylic acids is 1. The molecule has 2 aromatic carbocycles. The predicted octanol–water partition coefficient (Wildman–Crippen LogP) is 3.38. The first-order chi connectivity index (χ1) is 11.3. The van der Waals surface area contributed by atoms with Gasteiger partial charge in [0.25, 0.3) is 6.29 Å². The summed E-state index contributed by atoms with van der Waals surface area (Å²) in [5, 5.41) is 19.9. The van der Waals surface area contributed by atoms with Crippen LogP contribution in [0.5, 0.6) is 17.2 Å². The van der Waals surface area contributed by atoms with Crippen molar-refractivity contribution >= 4 is 5.78 Å². The largest absolute Gasteiger partial charge is 0.507 e. The van der Waals surface area contributed by atoms with Crippen LogP contribution in [0.2, 0.25) is 0 Å². The Labute approximate surface area is 141 Å². The summed E-state index contributed by atoms with van der Waals surface area (Å²) in [5.74, 6) is 0.281. The number of ether oxygens (including phenoxy) is 2. The van der Waals surface area contributed by atoms with Gasteiger partial charge in [-0.3, -0.25) is 4.79 Å². The molecule has 5 nitrogen and oxygen atoms in total. The summed E-state index contributed by atoms with van der Waals surface area (Å²) in [6.07, 6.45) is -1.98. The zero-order valence-electron chi connectivity index (χ0n) is 14.2. The number of phenols is 1. The maximum absolute atomic E-state index is 11.8. The van der Waals surface area contributed by atoms with Gasteiger partial charge in [-0.2, -0.15) is 0 Å². The van der Waals surface area contributed by atoms with Crippen molar-refractivity contribution in [1.82, 2.24) is 0 Å². The van der Waals surface area contributed by atoms with E-state index >= 15 is 0 Å². The molecule has 2 N–H and O–H groups in total. The zero-order chi connectivity index (χ0) is 17.9. The maximum Gasteiger partial charge on any atom is 0.266 e. The van der Waals surface area contributed by atoms with E-state index in [1.54, 1.807) is 12.1 Å². The number of phenolic OH excluding ortho intramolecular Hbond substituents is 1. The number of aliphatic hydroxyl groups excluding tert-OH is 1. The van der Waals surface area contributed by atoms with Crippen LogP contribution < -0.4 is 9.47 Å². The molecule has 24 heavy (non-hydrogen) atoms. The van der Waals surface area contributed by atoms with Crippen molar-refractivity contribution in [3.8, 4) is 17.2 Å². The molecule has 128 valence electrons. The normalized spacial score (nSPS) is 13.2. The molecule has 0 aliphatic carbocycles. The van der Waals surface area contributed by atoms with Crippen LogP contribution in [0.1, 0.15) is 35.3 Å². The van der Waals surface area contributed by atoms with Crippen LogP contribution in [0.25, 0.3) is 0 Å². The molecule has 5 heteroatoms. The lowest BCUT2D eigenvalue weighted by Gasteiger charge is -2.25. The summed E-state index contributed by atoms with van der Waals surface area (Å²) in [6.45, 7) is 6.67. The molecule has 0 aromatic heterocycles. The first-order valence-corrected chi connectivity index (χ1v) is 7.71. The Morgan fingerprint density at radius 1 is 1.04 bits per heavy atom. The lowest BCUT2D eigenvalue weighted by atomic mass is 10.1. The molecular formula is C19H22O5. The molecule has 2 atom stereocenters. The number of rotatable bonds is 6. The number of aliphatic hydroxyl groups is 1. The van der Waals surface area contributed by atoms with Gasteiger partial charge in [0.15, 0.2) is 5.78 Å². The van der Waals surface area contributed by atoms with Crippen LogP contribution >= 0.6 is 0 Å². The first kappa shape index (κ1) is 17.8. The van der Waals surface area contributed by atoms with Gasteiger partial charge >= 0.3 is 0 Å². The van der Waals surface area contributed by atoms with Crippen molar-refractivity contribution in [2.45, 2.75) is 40.1 Å². The number of aryl methyl sites for hydroxylation is 2. The lowest BCUT2D eigenvalue weighted by molar-refractivity contribution is -0.0786. The van der Waals surface area contributed by atoms with Crippen LogP contribution in [0.15, 0.2) is 36.4 Å². The van der Waals surface area contributed by atoms with E-state index in [2.05, 4.69) is 0 Å². The Hall–Kier alpha value is -2.53. The van der Waals surface area contributed by atoms with Crippen molar-refractivity contribution in [3.63, 3.8) is 0 Å². The molecule has 2 aromatic rings. The fourth-order valence-electron chi connectivity index (χ4n) is 2.42. The minimum atomic E-state index is -1.02. The van der Waals surface area contributed by atoms with E-state index in [4.69, 9.17) is 9.47 Å². The highest BCUT2D eigenvalue weighted by molar-refractivity contribution is 5.99. The quantitative estimate of drug-likeness (QED) is 0.627. The van der Waals surface area contributed by atoms with Gasteiger partial charge in [0.05, 0.1) is 0 Å². The summed E-state index contributed by atoms with van der Waals surface area (Å²) in [5.41, 5.74) is 1.88. The van der Waals surface area contributed by atoms with Gasteiger partial charge in [-0.1, -0.05) is 24.3 Å². The third-order valence-electron chi connectivity index (χ3n) is 3.64. The molecule has 0 heterocycles. The van der Waals surface area contributed by atoms with Gasteiger partial charge in [-0.25, -0.2) is 0 Å². The summed E-state index contributed by atoms with van der Waals surface area (Å²) >= 11 is 0. The Kier molecular flexibility index (Phi) is 5.46. The predicted molar refractivity (Wildman–Crippen MR) is 90.8 cm³/mol. The van der Waals surface area contributed by atoms with E-state index in [1.807, 2.05) is 32.0 Å². The molecule has 0 aliphatic heterocycles. The third kappa shape index (κ3) is 3.86. The highest BCUT2D eigenvalue weighted by Gasteiger charge is 2.24. The Balaban J connectivity index is 2.34. The molecule has 0 amide bonds. The van der Waals surface area contributed by atoms with Gasteiger partial charge in [0.1, 0.15) is 28.9 Å². The lowest BCUT2D eigenvalue weighted by Crippen LogP contribution is -2.35. The molecule has 0 aliphatic rings. The summed E-state index contributed by atoms with van der Waals surface area (Å²) in [6, 6.07) is 10.2. The third-order valence-corrected chi connectivity index (χ3v) is 3.64. The van der Waals surface area contributed by atoms with Crippen LogP contribution in [0.3, 0.4) is 0 Å². The topological polar surface area (TPSA) is 76.0 Å². The average molecular weight is 330 g/mol. The Morgan fingerprint density at radius 3 is 2.17 bits per heavy atom. The van der Waals surface area contributed by atoms with Gasteiger partial charge in [-0.05, 0) is 51.0 Å².